The van der Waals surface area contributed by atoms with Gasteiger partial charge in [-0.3, -0.25) is 4.79 Å². The quantitative estimate of drug-likeness (QED) is 0.556. The van der Waals surface area contributed by atoms with E-state index in [0.717, 1.165) is 12.1 Å². The molecule has 1 aromatic carbocycles. The number of nitrogens with two attached hydrogens (primary N) is 1. The molecular weight excluding hydrogens is 270 g/mol. The van der Waals surface area contributed by atoms with Gasteiger partial charge in [0.05, 0.1) is 19.3 Å². The number of likely N-dealkylation sites (N-methyl/N-ethyl adjacent to an activating group) is 1. The molecule has 0 saturated carbocycles. The van der Waals surface area contributed by atoms with Crippen molar-refractivity contribution >= 4 is 5.91 Å². The largest absolute Gasteiger partial charge is 0.508 e. The van der Waals surface area contributed by atoms with E-state index >= 15 is 0 Å². The van der Waals surface area contributed by atoms with Crippen molar-refractivity contribution in [3.63, 3.8) is 0 Å². The van der Waals surface area contributed by atoms with Crippen molar-refractivity contribution < 1.29 is 14.6 Å². The first-order valence-corrected chi connectivity index (χ1v) is 7.02. The Balaban J connectivity index is 2.18. The lowest BCUT2D eigenvalue weighted by Gasteiger charge is -2.13. The van der Waals surface area contributed by atoms with E-state index in [4.69, 9.17) is 10.5 Å². The highest BCUT2D eigenvalue weighted by Gasteiger charge is 2.13. The van der Waals surface area contributed by atoms with Crippen LogP contribution < -0.4 is 11.1 Å². The van der Waals surface area contributed by atoms with Crippen molar-refractivity contribution in [2.24, 2.45) is 5.73 Å². The fourth-order valence-electron chi connectivity index (χ4n) is 1.71. The van der Waals surface area contributed by atoms with Crippen molar-refractivity contribution in [2.45, 2.75) is 12.5 Å². The third kappa shape index (κ3) is 7.65. The van der Waals surface area contributed by atoms with Crippen LogP contribution in [0.3, 0.4) is 0 Å². The van der Waals surface area contributed by atoms with Crippen LogP contribution in [0.4, 0.5) is 0 Å². The third-order valence-electron chi connectivity index (χ3n) is 2.96. The average molecular weight is 295 g/mol. The van der Waals surface area contributed by atoms with E-state index in [1.54, 1.807) is 24.3 Å². The van der Waals surface area contributed by atoms with Gasteiger partial charge in [-0.25, -0.2) is 0 Å². The second kappa shape index (κ2) is 9.33. The molecule has 0 aliphatic rings. The minimum atomic E-state index is -0.601. The Labute approximate surface area is 125 Å². The minimum absolute atomic E-state index is 0.195. The van der Waals surface area contributed by atoms with E-state index < -0.39 is 6.04 Å². The molecule has 21 heavy (non-hydrogen) atoms. The topological polar surface area (TPSA) is 87.8 Å². The third-order valence-corrected chi connectivity index (χ3v) is 2.96. The van der Waals surface area contributed by atoms with Crippen molar-refractivity contribution in [1.29, 1.82) is 0 Å². The van der Waals surface area contributed by atoms with E-state index in [9.17, 15) is 9.90 Å². The fraction of sp³-hybridized carbons (Fsp3) is 0.533. The van der Waals surface area contributed by atoms with Crippen LogP contribution in [0.2, 0.25) is 0 Å². The number of hydrogen-bond acceptors (Lipinski definition) is 5. The van der Waals surface area contributed by atoms with E-state index in [1.807, 2.05) is 19.0 Å². The summed E-state index contributed by atoms with van der Waals surface area (Å²) >= 11 is 0. The summed E-state index contributed by atoms with van der Waals surface area (Å²) in [5.41, 5.74) is 6.76. The van der Waals surface area contributed by atoms with E-state index in [1.165, 1.54) is 0 Å². The number of ether oxygens (including phenoxy) is 1. The van der Waals surface area contributed by atoms with Crippen LogP contribution in [-0.4, -0.2) is 62.4 Å². The predicted octanol–water partition coefficient (Wildman–Crippen LogP) is -0.0436. The molecular formula is C15H25N3O3. The summed E-state index contributed by atoms with van der Waals surface area (Å²) in [5, 5.41) is 11.9. The molecule has 118 valence electrons. The van der Waals surface area contributed by atoms with Crippen molar-refractivity contribution in [2.75, 3.05) is 40.4 Å². The number of aromatic hydroxyl groups is 1. The number of carbonyl (C=O) groups excluding carboxylic acids is 1. The van der Waals surface area contributed by atoms with E-state index in [-0.39, 0.29) is 11.7 Å². The zero-order valence-corrected chi connectivity index (χ0v) is 12.7. The second-order valence-corrected chi connectivity index (χ2v) is 5.18. The molecule has 6 heteroatoms. The van der Waals surface area contributed by atoms with Gasteiger partial charge in [0, 0.05) is 13.1 Å². The lowest BCUT2D eigenvalue weighted by Crippen LogP contribution is -2.43. The summed E-state index contributed by atoms with van der Waals surface area (Å²) in [6.45, 7) is 2.43. The van der Waals surface area contributed by atoms with Crippen molar-refractivity contribution in [3.8, 4) is 5.75 Å². The molecule has 0 radical (unpaired) electrons. The molecule has 0 spiro atoms. The predicted molar refractivity (Wildman–Crippen MR) is 82.2 cm³/mol. The summed E-state index contributed by atoms with van der Waals surface area (Å²) in [7, 11) is 3.96. The van der Waals surface area contributed by atoms with Crippen molar-refractivity contribution in [1.82, 2.24) is 10.2 Å². The first kappa shape index (κ1) is 17.4. The summed E-state index contributed by atoms with van der Waals surface area (Å²) in [4.78, 5) is 13.8. The van der Waals surface area contributed by atoms with Gasteiger partial charge in [0.15, 0.2) is 0 Å². The maximum atomic E-state index is 11.8. The highest BCUT2D eigenvalue weighted by molar-refractivity contribution is 5.81. The Morgan fingerprint density at radius 3 is 2.62 bits per heavy atom. The zero-order valence-electron chi connectivity index (χ0n) is 12.7. The standard InChI is InChI=1S/C15H25N3O3/c1-18(2)8-10-21-9-7-17-15(20)14(16)11-12-3-5-13(19)6-4-12/h3-6,14,19H,7-11,16H2,1-2H3,(H,17,20)/t14-/m1/s1. The van der Waals surface area contributed by atoms with Gasteiger partial charge >= 0.3 is 0 Å². The lowest BCUT2D eigenvalue weighted by atomic mass is 10.1. The molecule has 0 fully saturated rings. The number of amides is 1. The van der Waals surface area contributed by atoms with Gasteiger partial charge < -0.3 is 25.8 Å². The molecule has 0 aliphatic heterocycles. The fourth-order valence-corrected chi connectivity index (χ4v) is 1.71. The number of nitrogens with one attached hydrogen (secondary N) is 1. The lowest BCUT2D eigenvalue weighted by molar-refractivity contribution is -0.122. The van der Waals surface area contributed by atoms with Crippen molar-refractivity contribution in [3.05, 3.63) is 29.8 Å². The summed E-state index contributed by atoms with van der Waals surface area (Å²) in [6.07, 6.45) is 0.438. The Morgan fingerprint density at radius 2 is 2.00 bits per heavy atom. The molecule has 1 aromatic rings. The number of nitrogens with zero attached hydrogens (tertiary/aromatic N) is 1. The number of phenols is 1. The van der Waals surface area contributed by atoms with Gasteiger partial charge in [-0.05, 0) is 38.2 Å². The van der Waals surface area contributed by atoms with Crippen LogP contribution >= 0.6 is 0 Å². The second-order valence-electron chi connectivity index (χ2n) is 5.18. The molecule has 4 N–H and O–H groups in total. The van der Waals surface area contributed by atoms with Gasteiger partial charge in [0.2, 0.25) is 5.91 Å². The molecule has 1 rings (SSSR count). The SMILES string of the molecule is CN(C)CCOCCNC(=O)[C@H](N)Cc1ccc(O)cc1. The van der Waals surface area contributed by atoms with Gasteiger partial charge in [-0.1, -0.05) is 12.1 Å². The number of carbonyl (C=O) groups is 1. The maximum Gasteiger partial charge on any atom is 0.237 e. The Bertz CT molecular complexity index is 421. The molecule has 0 bridgehead atoms. The molecule has 0 heterocycles. The molecule has 0 saturated heterocycles. The molecule has 1 amide bonds. The van der Waals surface area contributed by atoms with Crippen LogP contribution in [-0.2, 0) is 16.0 Å². The van der Waals surface area contributed by atoms with Crippen LogP contribution in [0.1, 0.15) is 5.56 Å². The van der Waals surface area contributed by atoms with E-state index in [0.29, 0.717) is 26.2 Å². The van der Waals surface area contributed by atoms with E-state index in [2.05, 4.69) is 5.32 Å². The van der Waals surface area contributed by atoms with Crippen LogP contribution in [0, 0.1) is 0 Å². The van der Waals surface area contributed by atoms with Crippen LogP contribution in [0.15, 0.2) is 24.3 Å². The van der Waals surface area contributed by atoms with Crippen LogP contribution in [0.25, 0.3) is 0 Å². The van der Waals surface area contributed by atoms with Gasteiger partial charge in [0.1, 0.15) is 5.75 Å². The molecule has 1 atom stereocenters. The molecule has 0 aromatic heterocycles. The first-order chi connectivity index (χ1) is 9.99. The molecule has 6 nitrogen and oxygen atoms in total. The normalized spacial score (nSPS) is 12.4. The van der Waals surface area contributed by atoms with Crippen LogP contribution in [0.5, 0.6) is 5.75 Å². The van der Waals surface area contributed by atoms with Gasteiger partial charge in [-0.15, -0.1) is 0 Å². The monoisotopic (exact) mass is 295 g/mol. The molecule has 0 unspecified atom stereocenters. The molecule has 0 aliphatic carbocycles. The number of rotatable bonds is 9. The highest BCUT2D eigenvalue weighted by Crippen LogP contribution is 2.10. The minimum Gasteiger partial charge on any atom is -0.508 e. The Morgan fingerprint density at radius 1 is 1.33 bits per heavy atom. The first-order valence-electron chi connectivity index (χ1n) is 7.02. The zero-order chi connectivity index (χ0) is 15.7. The maximum absolute atomic E-state index is 11.8. The highest BCUT2D eigenvalue weighted by atomic mass is 16.5. The number of benzene rings is 1. The number of phenolic OH excluding ortho intramolecular Hbond substituents is 1. The summed E-state index contributed by atoms with van der Waals surface area (Å²) < 4.78 is 5.38. The number of hydrogen-bond donors (Lipinski definition) is 3. The Kier molecular flexibility index (Phi) is 7.74. The summed E-state index contributed by atoms with van der Waals surface area (Å²) in [5.74, 6) is 0.00549. The Hall–Kier alpha value is -1.63. The van der Waals surface area contributed by atoms with Gasteiger partial charge in [0.25, 0.3) is 0 Å². The summed E-state index contributed by atoms with van der Waals surface area (Å²) in [6, 6.07) is 6.08. The van der Waals surface area contributed by atoms with Gasteiger partial charge in [-0.2, -0.15) is 0 Å². The average Bonchev–Trinajstić information content (AvgIpc) is 2.44. The smallest absolute Gasteiger partial charge is 0.237 e.